The van der Waals surface area contributed by atoms with Gasteiger partial charge in [0.2, 0.25) is 0 Å². The zero-order chi connectivity index (χ0) is 16.3. The Labute approximate surface area is 125 Å². The van der Waals surface area contributed by atoms with Gasteiger partial charge in [-0.15, -0.1) is 0 Å². The lowest BCUT2D eigenvalue weighted by molar-refractivity contribution is -0.446. The van der Waals surface area contributed by atoms with Crippen LogP contribution < -0.4 is 0 Å². The average molecular weight is 302 g/mol. The molecular weight excluding hydrogens is 276 g/mol. The molecule has 1 aliphatic rings. The van der Waals surface area contributed by atoms with E-state index in [1.54, 1.807) is 13.8 Å². The van der Waals surface area contributed by atoms with Crippen molar-refractivity contribution >= 4 is 5.97 Å². The van der Waals surface area contributed by atoms with E-state index in [9.17, 15) is 15.0 Å². The molecule has 6 nitrogen and oxygen atoms in total. The van der Waals surface area contributed by atoms with Gasteiger partial charge in [-0.2, -0.15) is 0 Å². The van der Waals surface area contributed by atoms with Gasteiger partial charge in [-0.1, -0.05) is 13.5 Å². The zero-order valence-electron chi connectivity index (χ0n) is 13.3. The van der Waals surface area contributed by atoms with Crippen molar-refractivity contribution in [2.45, 2.75) is 40.1 Å². The fourth-order valence-electron chi connectivity index (χ4n) is 1.88. The molecule has 1 aliphatic heterocycles. The topological polar surface area (TPSA) is 85.2 Å². The summed E-state index contributed by atoms with van der Waals surface area (Å²) in [6.07, 6.45) is 0.660. The van der Waals surface area contributed by atoms with Crippen LogP contribution in [-0.2, 0) is 19.0 Å². The van der Waals surface area contributed by atoms with E-state index in [2.05, 4.69) is 6.58 Å². The minimum absolute atomic E-state index is 0.0897. The highest BCUT2D eigenvalue weighted by molar-refractivity contribution is 5.87. The highest BCUT2D eigenvalue weighted by Gasteiger charge is 2.56. The van der Waals surface area contributed by atoms with Crippen molar-refractivity contribution in [2.75, 3.05) is 26.4 Å². The Morgan fingerprint density at radius 2 is 1.86 bits per heavy atom. The summed E-state index contributed by atoms with van der Waals surface area (Å²) < 4.78 is 16.8. The standard InChI is InChI=1S/C15H26O6/c1-6-14(8-17)9-19-15(20-10-14,13(4,5)7-16)21-12(18)11(2)3/h16-17H,2,6-10H2,1,3-5H3. The van der Waals surface area contributed by atoms with Crippen LogP contribution in [0.25, 0.3) is 0 Å². The number of ether oxygens (including phenoxy) is 3. The third-order valence-electron chi connectivity index (χ3n) is 4.02. The molecule has 0 bridgehead atoms. The quantitative estimate of drug-likeness (QED) is 0.567. The minimum Gasteiger partial charge on any atom is -0.404 e. The summed E-state index contributed by atoms with van der Waals surface area (Å²) in [6, 6.07) is 0. The second kappa shape index (κ2) is 6.44. The molecule has 0 radical (unpaired) electrons. The smallest absolute Gasteiger partial charge is 0.337 e. The van der Waals surface area contributed by atoms with E-state index in [4.69, 9.17) is 14.2 Å². The molecule has 0 saturated carbocycles. The summed E-state index contributed by atoms with van der Waals surface area (Å²) in [5, 5.41) is 19.1. The number of esters is 1. The summed E-state index contributed by atoms with van der Waals surface area (Å²) in [5.41, 5.74) is -1.28. The monoisotopic (exact) mass is 302 g/mol. The molecule has 0 atom stereocenters. The third-order valence-corrected chi connectivity index (χ3v) is 4.02. The Balaban J connectivity index is 3.03. The average Bonchev–Trinajstić information content (AvgIpc) is 2.48. The molecule has 1 heterocycles. The second-order valence-electron chi connectivity index (χ2n) is 6.36. The first kappa shape index (κ1) is 18.1. The number of carbonyl (C=O) groups is 1. The first-order valence-electron chi connectivity index (χ1n) is 7.06. The molecule has 0 aromatic carbocycles. The molecule has 1 saturated heterocycles. The van der Waals surface area contributed by atoms with Crippen molar-refractivity contribution in [1.29, 1.82) is 0 Å². The van der Waals surface area contributed by atoms with Gasteiger partial charge in [0.25, 0.3) is 0 Å². The predicted molar refractivity (Wildman–Crippen MR) is 76.2 cm³/mol. The number of hydrogen-bond donors (Lipinski definition) is 2. The van der Waals surface area contributed by atoms with Gasteiger partial charge in [-0.05, 0) is 27.2 Å². The Hall–Kier alpha value is -0.950. The Morgan fingerprint density at radius 1 is 1.33 bits per heavy atom. The zero-order valence-corrected chi connectivity index (χ0v) is 13.3. The molecule has 0 aromatic heterocycles. The van der Waals surface area contributed by atoms with Gasteiger partial charge in [0, 0.05) is 11.0 Å². The first-order chi connectivity index (χ1) is 9.67. The summed E-state index contributed by atoms with van der Waals surface area (Å²) >= 11 is 0. The SMILES string of the molecule is C=C(C)C(=O)OC1(C(C)(C)CO)OCC(CC)(CO)CO1. The first-order valence-corrected chi connectivity index (χ1v) is 7.06. The van der Waals surface area contributed by atoms with Gasteiger partial charge in [0.15, 0.2) is 0 Å². The van der Waals surface area contributed by atoms with Gasteiger partial charge in [0.1, 0.15) is 0 Å². The van der Waals surface area contributed by atoms with E-state index in [0.29, 0.717) is 6.42 Å². The van der Waals surface area contributed by atoms with Crippen molar-refractivity contribution < 1.29 is 29.2 Å². The fourth-order valence-corrected chi connectivity index (χ4v) is 1.88. The lowest BCUT2D eigenvalue weighted by Crippen LogP contribution is -2.61. The lowest BCUT2D eigenvalue weighted by atomic mass is 9.84. The number of aliphatic hydroxyl groups excluding tert-OH is 2. The third kappa shape index (κ3) is 3.45. The van der Waals surface area contributed by atoms with E-state index in [1.807, 2.05) is 6.92 Å². The van der Waals surface area contributed by atoms with Crippen LogP contribution in [0.3, 0.4) is 0 Å². The Kier molecular flexibility index (Phi) is 5.55. The number of carbonyl (C=O) groups excluding carboxylic acids is 1. The van der Waals surface area contributed by atoms with Gasteiger partial charge in [-0.3, -0.25) is 0 Å². The number of hydrogen-bond acceptors (Lipinski definition) is 6. The van der Waals surface area contributed by atoms with E-state index in [0.717, 1.165) is 0 Å². The second-order valence-corrected chi connectivity index (χ2v) is 6.36. The van der Waals surface area contributed by atoms with E-state index in [1.165, 1.54) is 6.92 Å². The molecule has 0 unspecified atom stereocenters. The molecule has 0 aliphatic carbocycles. The van der Waals surface area contributed by atoms with Crippen LogP contribution in [0, 0.1) is 10.8 Å². The van der Waals surface area contributed by atoms with Crippen molar-refractivity contribution in [3.05, 3.63) is 12.2 Å². The molecule has 122 valence electrons. The molecule has 1 rings (SSSR count). The number of aliphatic hydroxyl groups is 2. The highest BCUT2D eigenvalue weighted by atomic mass is 16.9. The van der Waals surface area contributed by atoms with Gasteiger partial charge in [-0.25, -0.2) is 4.79 Å². The summed E-state index contributed by atoms with van der Waals surface area (Å²) in [6.45, 7) is 10.3. The number of rotatable bonds is 6. The van der Waals surface area contributed by atoms with Crippen molar-refractivity contribution in [2.24, 2.45) is 10.8 Å². The largest absolute Gasteiger partial charge is 0.404 e. The maximum atomic E-state index is 11.9. The summed E-state index contributed by atoms with van der Waals surface area (Å²) in [7, 11) is 0. The molecule has 2 N–H and O–H groups in total. The van der Waals surface area contributed by atoms with Crippen molar-refractivity contribution in [1.82, 2.24) is 0 Å². The van der Waals surface area contributed by atoms with E-state index in [-0.39, 0.29) is 32.0 Å². The van der Waals surface area contributed by atoms with Gasteiger partial charge >= 0.3 is 11.9 Å². The van der Waals surface area contributed by atoms with Crippen molar-refractivity contribution in [3.8, 4) is 0 Å². The van der Waals surface area contributed by atoms with Crippen LogP contribution in [0.2, 0.25) is 0 Å². The minimum atomic E-state index is -1.69. The molecule has 6 heteroatoms. The van der Waals surface area contributed by atoms with E-state index >= 15 is 0 Å². The molecular formula is C15H26O6. The fraction of sp³-hybridized carbons (Fsp3) is 0.800. The van der Waals surface area contributed by atoms with Crippen LogP contribution in [0.1, 0.15) is 34.1 Å². The highest BCUT2D eigenvalue weighted by Crippen LogP contribution is 2.43. The normalized spacial score (nSPS) is 30.0. The predicted octanol–water partition coefficient (Wildman–Crippen LogP) is 1.21. The molecule has 21 heavy (non-hydrogen) atoms. The van der Waals surface area contributed by atoms with Crippen LogP contribution >= 0.6 is 0 Å². The maximum Gasteiger partial charge on any atom is 0.337 e. The molecule has 1 fully saturated rings. The van der Waals surface area contributed by atoms with Crippen LogP contribution in [0.5, 0.6) is 0 Å². The van der Waals surface area contributed by atoms with Crippen LogP contribution in [-0.4, -0.2) is 48.6 Å². The molecule has 0 spiro atoms. The van der Waals surface area contributed by atoms with Gasteiger partial charge in [0.05, 0.1) is 31.8 Å². The lowest BCUT2D eigenvalue weighted by Gasteiger charge is -2.49. The molecule has 0 amide bonds. The van der Waals surface area contributed by atoms with E-state index < -0.39 is 22.8 Å². The summed E-state index contributed by atoms with van der Waals surface area (Å²) in [4.78, 5) is 11.9. The van der Waals surface area contributed by atoms with Crippen molar-refractivity contribution in [3.63, 3.8) is 0 Å². The Morgan fingerprint density at radius 3 is 2.19 bits per heavy atom. The maximum absolute atomic E-state index is 11.9. The van der Waals surface area contributed by atoms with Crippen LogP contribution in [0.15, 0.2) is 12.2 Å². The molecule has 0 aromatic rings. The van der Waals surface area contributed by atoms with Gasteiger partial charge < -0.3 is 24.4 Å². The summed E-state index contributed by atoms with van der Waals surface area (Å²) in [5.74, 6) is -2.34. The Bertz CT molecular complexity index is 387. The van der Waals surface area contributed by atoms with Crippen LogP contribution in [0.4, 0.5) is 0 Å².